The minimum Gasteiger partial charge on any atom is -0.481 e. The van der Waals surface area contributed by atoms with Crippen molar-refractivity contribution in [2.45, 2.75) is 98.3 Å². The molecule has 2 heteroatoms. The number of allylic oxidation sites excluding steroid dienone is 4. The summed E-state index contributed by atoms with van der Waals surface area (Å²) in [5, 5.41) is 8.55. The zero-order chi connectivity index (χ0) is 18.9. The average molecular weight is 351 g/mol. The Morgan fingerprint density at radius 3 is 2.04 bits per heavy atom. The Morgan fingerprint density at radius 1 is 0.800 bits per heavy atom. The maximum absolute atomic E-state index is 10.4. The molecule has 0 rings (SSSR count). The summed E-state index contributed by atoms with van der Waals surface area (Å²) < 4.78 is 0. The third-order valence-electron chi connectivity index (χ3n) is 4.73. The molecule has 0 saturated heterocycles. The molecule has 0 aliphatic carbocycles. The first-order valence-corrected chi connectivity index (χ1v) is 10.4. The lowest BCUT2D eigenvalue weighted by Gasteiger charge is -2.13. The van der Waals surface area contributed by atoms with Gasteiger partial charge >= 0.3 is 5.97 Å². The Bertz CT molecular complexity index is 368. The molecule has 0 aromatic heterocycles. The Balaban J connectivity index is 3.55. The predicted molar refractivity (Wildman–Crippen MR) is 110 cm³/mol. The number of aliphatic carboxylic acids is 1. The fourth-order valence-electron chi connectivity index (χ4n) is 3.03. The van der Waals surface area contributed by atoms with Gasteiger partial charge in [0.05, 0.1) is 0 Å². The van der Waals surface area contributed by atoms with Crippen molar-refractivity contribution in [2.24, 2.45) is 17.8 Å². The Hall–Kier alpha value is -1.05. The van der Waals surface area contributed by atoms with E-state index in [0.717, 1.165) is 37.5 Å². The van der Waals surface area contributed by atoms with Gasteiger partial charge in [-0.25, -0.2) is 0 Å². The van der Waals surface area contributed by atoms with Gasteiger partial charge in [-0.1, -0.05) is 84.1 Å². The molecule has 0 aromatic rings. The van der Waals surface area contributed by atoms with Crippen LogP contribution in [0.25, 0.3) is 0 Å². The van der Waals surface area contributed by atoms with Crippen LogP contribution in [0.3, 0.4) is 0 Å². The highest BCUT2D eigenvalue weighted by Gasteiger charge is 2.04. The molecule has 146 valence electrons. The molecule has 2 nitrogen and oxygen atoms in total. The van der Waals surface area contributed by atoms with Crippen LogP contribution in [0.15, 0.2) is 24.3 Å². The Morgan fingerprint density at radius 2 is 1.40 bits per heavy atom. The van der Waals surface area contributed by atoms with Gasteiger partial charge in [0, 0.05) is 6.42 Å². The van der Waals surface area contributed by atoms with Crippen molar-refractivity contribution in [1.29, 1.82) is 0 Å². The van der Waals surface area contributed by atoms with E-state index in [1.54, 1.807) is 0 Å². The largest absolute Gasteiger partial charge is 0.481 e. The standard InChI is InChI=1S/C23H42O2/c1-20(2)14-12-16-22(4)18-13-17-21(3)15-10-8-6-5-7-9-11-19-23(24)25/h5,7,10,15,20-22H,6,8-9,11-14,16-19H2,1-4H3,(H,24,25)/b7-5-,15-10-. The molecule has 0 aromatic carbocycles. The van der Waals surface area contributed by atoms with Gasteiger partial charge in [0.15, 0.2) is 0 Å². The van der Waals surface area contributed by atoms with E-state index in [2.05, 4.69) is 52.0 Å². The van der Waals surface area contributed by atoms with Crippen molar-refractivity contribution in [3.63, 3.8) is 0 Å². The topological polar surface area (TPSA) is 37.3 Å². The summed E-state index contributed by atoms with van der Waals surface area (Å²) >= 11 is 0. The predicted octanol–water partition coefficient (Wildman–Crippen LogP) is 7.40. The van der Waals surface area contributed by atoms with E-state index >= 15 is 0 Å². The van der Waals surface area contributed by atoms with Gasteiger partial charge in [-0.15, -0.1) is 0 Å². The third kappa shape index (κ3) is 19.1. The van der Waals surface area contributed by atoms with Gasteiger partial charge in [-0.3, -0.25) is 4.79 Å². The molecule has 2 unspecified atom stereocenters. The lowest BCUT2D eigenvalue weighted by molar-refractivity contribution is -0.137. The highest BCUT2D eigenvalue weighted by Crippen LogP contribution is 2.19. The number of hydrogen-bond donors (Lipinski definition) is 1. The Kier molecular flexibility index (Phi) is 15.7. The number of carboxylic acids is 1. The summed E-state index contributed by atoms with van der Waals surface area (Å²) in [6.45, 7) is 9.35. The highest BCUT2D eigenvalue weighted by molar-refractivity contribution is 5.66. The van der Waals surface area contributed by atoms with Crippen LogP contribution < -0.4 is 0 Å². The lowest BCUT2D eigenvalue weighted by Crippen LogP contribution is -1.98. The third-order valence-corrected chi connectivity index (χ3v) is 4.73. The smallest absolute Gasteiger partial charge is 0.303 e. The normalized spacial score (nSPS) is 14.6. The first-order chi connectivity index (χ1) is 11.9. The monoisotopic (exact) mass is 350 g/mol. The fourth-order valence-corrected chi connectivity index (χ4v) is 3.03. The van der Waals surface area contributed by atoms with Gasteiger partial charge in [-0.05, 0) is 49.9 Å². The molecule has 0 spiro atoms. The molecule has 0 aliphatic heterocycles. The molecule has 0 saturated carbocycles. The zero-order valence-corrected chi connectivity index (χ0v) is 17.2. The summed E-state index contributed by atoms with van der Waals surface area (Å²) in [4.78, 5) is 10.4. The van der Waals surface area contributed by atoms with E-state index in [1.165, 1.54) is 38.5 Å². The van der Waals surface area contributed by atoms with Crippen LogP contribution in [0.4, 0.5) is 0 Å². The minimum atomic E-state index is -0.699. The second-order valence-electron chi connectivity index (χ2n) is 8.10. The molecule has 25 heavy (non-hydrogen) atoms. The van der Waals surface area contributed by atoms with Crippen LogP contribution in [0.2, 0.25) is 0 Å². The number of rotatable bonds is 16. The maximum atomic E-state index is 10.4. The van der Waals surface area contributed by atoms with Gasteiger partial charge in [0.2, 0.25) is 0 Å². The molecule has 2 atom stereocenters. The first kappa shape index (κ1) is 23.9. The molecular formula is C23H42O2. The molecule has 1 N–H and O–H groups in total. The quantitative estimate of drug-likeness (QED) is 0.232. The van der Waals surface area contributed by atoms with Gasteiger partial charge in [0.1, 0.15) is 0 Å². The van der Waals surface area contributed by atoms with Crippen LogP contribution >= 0.6 is 0 Å². The molecular weight excluding hydrogens is 308 g/mol. The number of unbranched alkanes of at least 4 members (excludes halogenated alkanes) is 2. The van der Waals surface area contributed by atoms with Gasteiger partial charge in [0.25, 0.3) is 0 Å². The number of carbonyl (C=O) groups is 1. The first-order valence-electron chi connectivity index (χ1n) is 10.4. The van der Waals surface area contributed by atoms with Crippen LogP contribution in [-0.4, -0.2) is 11.1 Å². The minimum absolute atomic E-state index is 0.276. The van der Waals surface area contributed by atoms with E-state index in [1.807, 2.05) is 0 Å². The van der Waals surface area contributed by atoms with E-state index in [-0.39, 0.29) is 6.42 Å². The van der Waals surface area contributed by atoms with E-state index in [0.29, 0.717) is 5.92 Å². The van der Waals surface area contributed by atoms with E-state index in [4.69, 9.17) is 5.11 Å². The van der Waals surface area contributed by atoms with Crippen molar-refractivity contribution in [2.75, 3.05) is 0 Å². The zero-order valence-electron chi connectivity index (χ0n) is 17.2. The summed E-state index contributed by atoms with van der Waals surface area (Å²) in [6, 6.07) is 0. The van der Waals surface area contributed by atoms with Crippen molar-refractivity contribution >= 4 is 5.97 Å². The molecule has 0 aliphatic rings. The summed E-state index contributed by atoms with van der Waals surface area (Å²) in [6.07, 6.45) is 21.2. The van der Waals surface area contributed by atoms with Crippen molar-refractivity contribution in [3.05, 3.63) is 24.3 Å². The lowest BCUT2D eigenvalue weighted by atomic mass is 9.93. The maximum Gasteiger partial charge on any atom is 0.303 e. The van der Waals surface area contributed by atoms with Crippen molar-refractivity contribution < 1.29 is 9.90 Å². The fraction of sp³-hybridized carbons (Fsp3) is 0.783. The molecule has 0 heterocycles. The average Bonchev–Trinajstić information content (AvgIpc) is 2.52. The van der Waals surface area contributed by atoms with Crippen LogP contribution in [0, 0.1) is 17.8 Å². The van der Waals surface area contributed by atoms with Crippen LogP contribution in [0.5, 0.6) is 0 Å². The Labute approximate surface area is 156 Å². The van der Waals surface area contributed by atoms with Crippen LogP contribution in [0.1, 0.15) is 98.3 Å². The van der Waals surface area contributed by atoms with Gasteiger partial charge < -0.3 is 5.11 Å². The van der Waals surface area contributed by atoms with E-state index in [9.17, 15) is 4.79 Å². The second kappa shape index (κ2) is 16.4. The molecule has 0 amide bonds. The molecule has 0 radical (unpaired) electrons. The molecule has 0 bridgehead atoms. The van der Waals surface area contributed by atoms with E-state index < -0.39 is 5.97 Å². The SMILES string of the molecule is CC(C)CCCC(C)CCCC(C)/C=C\CC/C=C\CCCC(=O)O. The van der Waals surface area contributed by atoms with Crippen molar-refractivity contribution in [3.8, 4) is 0 Å². The number of carboxylic acid groups (broad SMARTS) is 1. The second-order valence-corrected chi connectivity index (χ2v) is 8.10. The summed E-state index contributed by atoms with van der Waals surface area (Å²) in [5.41, 5.74) is 0. The molecule has 0 fully saturated rings. The summed E-state index contributed by atoms with van der Waals surface area (Å²) in [5.74, 6) is 1.70. The highest BCUT2D eigenvalue weighted by atomic mass is 16.4. The van der Waals surface area contributed by atoms with Gasteiger partial charge in [-0.2, -0.15) is 0 Å². The summed E-state index contributed by atoms with van der Waals surface area (Å²) in [7, 11) is 0. The van der Waals surface area contributed by atoms with Crippen molar-refractivity contribution in [1.82, 2.24) is 0 Å². The number of hydrogen-bond acceptors (Lipinski definition) is 1. The van der Waals surface area contributed by atoms with Crippen LogP contribution in [-0.2, 0) is 4.79 Å².